The zero-order valence-electron chi connectivity index (χ0n) is 7.92. The highest BCUT2D eigenvalue weighted by molar-refractivity contribution is 7.71. The van der Waals surface area contributed by atoms with Gasteiger partial charge in [0.15, 0.2) is 4.77 Å². The fourth-order valence-corrected chi connectivity index (χ4v) is 1.75. The van der Waals surface area contributed by atoms with Gasteiger partial charge in [0.1, 0.15) is 11.6 Å². The third-order valence-electron chi connectivity index (χ3n) is 2.07. The van der Waals surface area contributed by atoms with E-state index in [1.165, 1.54) is 12.1 Å². The molecule has 0 spiro atoms. The van der Waals surface area contributed by atoms with Crippen LogP contribution in [-0.4, -0.2) is 9.55 Å². The Kier molecular flexibility index (Phi) is 2.40. The number of benzene rings is 1. The Labute approximate surface area is 90.2 Å². The van der Waals surface area contributed by atoms with Crippen LogP contribution in [0.1, 0.15) is 5.69 Å². The third-order valence-corrected chi connectivity index (χ3v) is 2.37. The lowest BCUT2D eigenvalue weighted by molar-refractivity contribution is 0.581. The number of aromatic nitrogens is 2. The van der Waals surface area contributed by atoms with Crippen LogP contribution < -0.4 is 0 Å². The maximum absolute atomic E-state index is 13.0. The molecule has 0 amide bonds. The highest BCUT2D eigenvalue weighted by atomic mass is 32.1. The Bertz CT molecular complexity index is 537. The second-order valence-electron chi connectivity index (χ2n) is 3.20. The number of halogens is 2. The number of rotatable bonds is 1. The second kappa shape index (κ2) is 3.58. The summed E-state index contributed by atoms with van der Waals surface area (Å²) < 4.78 is 28.0. The van der Waals surface area contributed by atoms with E-state index in [9.17, 15) is 8.78 Å². The first-order valence-corrected chi connectivity index (χ1v) is 4.72. The molecule has 1 N–H and O–H groups in total. The van der Waals surface area contributed by atoms with Gasteiger partial charge in [0, 0.05) is 18.0 Å². The van der Waals surface area contributed by atoms with Crippen molar-refractivity contribution in [3.63, 3.8) is 0 Å². The largest absolute Gasteiger partial charge is 0.337 e. The summed E-state index contributed by atoms with van der Waals surface area (Å²) >= 11 is 5.00. The minimum Gasteiger partial charge on any atom is -0.337 e. The average molecular weight is 226 g/mol. The summed E-state index contributed by atoms with van der Waals surface area (Å²) in [5.41, 5.74) is 1.18. The van der Waals surface area contributed by atoms with Crippen molar-refractivity contribution in [1.29, 1.82) is 0 Å². The van der Waals surface area contributed by atoms with Crippen LogP contribution >= 0.6 is 12.2 Å². The normalized spacial score (nSPS) is 10.6. The first kappa shape index (κ1) is 10.0. The average Bonchev–Trinajstić information content (AvgIpc) is 2.44. The number of imidazole rings is 1. The molecule has 0 aliphatic heterocycles. The molecule has 2 nitrogen and oxygen atoms in total. The number of H-pyrrole nitrogens is 1. The van der Waals surface area contributed by atoms with Gasteiger partial charge < -0.3 is 4.98 Å². The van der Waals surface area contributed by atoms with Crippen LogP contribution in [-0.2, 0) is 0 Å². The highest BCUT2D eigenvalue weighted by Crippen LogP contribution is 2.15. The van der Waals surface area contributed by atoms with Gasteiger partial charge >= 0.3 is 0 Å². The zero-order valence-corrected chi connectivity index (χ0v) is 8.74. The molecule has 2 aromatic rings. The Morgan fingerprint density at radius 2 is 1.80 bits per heavy atom. The number of hydrogen-bond donors (Lipinski definition) is 1. The molecule has 0 radical (unpaired) electrons. The number of aromatic amines is 1. The summed E-state index contributed by atoms with van der Waals surface area (Å²) in [4.78, 5) is 2.81. The molecular formula is C10H8F2N2S. The Morgan fingerprint density at radius 3 is 2.27 bits per heavy atom. The molecule has 0 unspecified atom stereocenters. The highest BCUT2D eigenvalue weighted by Gasteiger charge is 2.05. The van der Waals surface area contributed by atoms with Gasteiger partial charge in [-0.05, 0) is 31.3 Å². The van der Waals surface area contributed by atoms with E-state index in [-0.39, 0.29) is 0 Å². The molecule has 0 bridgehead atoms. The van der Waals surface area contributed by atoms with Gasteiger partial charge in [0.05, 0.1) is 5.69 Å². The summed E-state index contributed by atoms with van der Waals surface area (Å²) in [6.07, 6.45) is 1.69. The van der Waals surface area contributed by atoms with Crippen LogP contribution in [0.25, 0.3) is 5.69 Å². The molecule has 1 aromatic heterocycles. The van der Waals surface area contributed by atoms with Crippen LogP contribution in [0.2, 0.25) is 0 Å². The molecule has 0 atom stereocenters. The number of hydrogen-bond acceptors (Lipinski definition) is 1. The van der Waals surface area contributed by atoms with Crippen molar-refractivity contribution >= 4 is 12.2 Å². The molecule has 1 heterocycles. The third kappa shape index (κ3) is 1.83. The van der Waals surface area contributed by atoms with Gasteiger partial charge in [-0.3, -0.25) is 4.57 Å². The predicted octanol–water partition coefficient (Wildman–Crippen LogP) is 3.12. The minimum atomic E-state index is -0.618. The lowest BCUT2D eigenvalue weighted by Crippen LogP contribution is -1.98. The van der Waals surface area contributed by atoms with E-state index >= 15 is 0 Å². The van der Waals surface area contributed by atoms with E-state index < -0.39 is 11.6 Å². The van der Waals surface area contributed by atoms with Gasteiger partial charge in [-0.1, -0.05) is 0 Å². The van der Waals surface area contributed by atoms with Crippen LogP contribution in [0.15, 0.2) is 24.4 Å². The number of nitrogens with one attached hydrogen (secondary N) is 1. The SMILES string of the molecule is Cc1c[nH]c(=S)n1-c1cc(F)cc(F)c1. The fourth-order valence-electron chi connectivity index (χ4n) is 1.44. The molecule has 0 saturated carbocycles. The van der Waals surface area contributed by atoms with Crippen molar-refractivity contribution in [1.82, 2.24) is 9.55 Å². The van der Waals surface area contributed by atoms with Crippen LogP contribution in [0.5, 0.6) is 0 Å². The van der Waals surface area contributed by atoms with E-state index in [0.29, 0.717) is 10.5 Å². The Balaban J connectivity index is 2.69. The van der Waals surface area contributed by atoms with E-state index in [1.54, 1.807) is 17.7 Å². The topological polar surface area (TPSA) is 20.7 Å². The molecule has 2 rings (SSSR count). The molecule has 15 heavy (non-hydrogen) atoms. The quantitative estimate of drug-likeness (QED) is 0.741. The molecule has 5 heteroatoms. The lowest BCUT2D eigenvalue weighted by Gasteiger charge is -2.05. The van der Waals surface area contributed by atoms with Crippen LogP contribution in [0, 0.1) is 23.3 Å². The molecule has 0 saturated heterocycles. The second-order valence-corrected chi connectivity index (χ2v) is 3.58. The standard InChI is InChI=1S/C10H8F2N2S/c1-6-5-13-10(15)14(6)9-3-7(11)2-8(12)4-9/h2-5H,1H3,(H,13,15). The maximum atomic E-state index is 13.0. The summed E-state index contributed by atoms with van der Waals surface area (Å²) in [6, 6.07) is 3.30. The minimum absolute atomic E-state index is 0.385. The van der Waals surface area contributed by atoms with Crippen molar-refractivity contribution in [2.45, 2.75) is 6.92 Å². The molecule has 1 aromatic carbocycles. The first-order valence-electron chi connectivity index (χ1n) is 4.31. The predicted molar refractivity (Wildman–Crippen MR) is 55.6 cm³/mol. The van der Waals surface area contributed by atoms with Crippen molar-refractivity contribution in [2.75, 3.05) is 0 Å². The smallest absolute Gasteiger partial charge is 0.182 e. The molecule has 0 aliphatic carbocycles. The number of aryl methyl sites for hydroxylation is 1. The Hall–Kier alpha value is -1.49. The summed E-state index contributed by atoms with van der Waals surface area (Å²) in [5.74, 6) is -1.24. The van der Waals surface area contributed by atoms with Crippen LogP contribution in [0.4, 0.5) is 8.78 Å². The summed E-state index contributed by atoms with van der Waals surface area (Å²) in [7, 11) is 0. The van der Waals surface area contributed by atoms with Gasteiger partial charge in [0.2, 0.25) is 0 Å². The summed E-state index contributed by atoms with van der Waals surface area (Å²) in [6.45, 7) is 1.80. The van der Waals surface area contributed by atoms with E-state index in [0.717, 1.165) is 11.8 Å². The van der Waals surface area contributed by atoms with Crippen molar-refractivity contribution in [3.8, 4) is 5.69 Å². The van der Waals surface area contributed by atoms with Crippen molar-refractivity contribution in [3.05, 3.63) is 46.5 Å². The molecule has 0 aliphatic rings. The van der Waals surface area contributed by atoms with Crippen LogP contribution in [0.3, 0.4) is 0 Å². The van der Waals surface area contributed by atoms with Crippen molar-refractivity contribution in [2.24, 2.45) is 0 Å². The van der Waals surface area contributed by atoms with Gasteiger partial charge in [-0.15, -0.1) is 0 Å². The van der Waals surface area contributed by atoms with Gasteiger partial charge in [-0.25, -0.2) is 8.78 Å². The fraction of sp³-hybridized carbons (Fsp3) is 0.100. The first-order chi connectivity index (χ1) is 7.08. The van der Waals surface area contributed by atoms with E-state index in [1.807, 2.05) is 0 Å². The molecular weight excluding hydrogens is 218 g/mol. The monoisotopic (exact) mass is 226 g/mol. The maximum Gasteiger partial charge on any atom is 0.182 e. The summed E-state index contributed by atoms with van der Waals surface area (Å²) in [5, 5.41) is 0. The Morgan fingerprint density at radius 1 is 1.20 bits per heavy atom. The molecule has 78 valence electrons. The van der Waals surface area contributed by atoms with E-state index in [4.69, 9.17) is 12.2 Å². The van der Waals surface area contributed by atoms with Gasteiger partial charge in [-0.2, -0.15) is 0 Å². The van der Waals surface area contributed by atoms with Gasteiger partial charge in [0.25, 0.3) is 0 Å². The zero-order chi connectivity index (χ0) is 11.0. The van der Waals surface area contributed by atoms with Crippen molar-refractivity contribution < 1.29 is 8.78 Å². The number of nitrogens with zero attached hydrogens (tertiary/aromatic N) is 1. The lowest BCUT2D eigenvalue weighted by atomic mass is 10.3. The van der Waals surface area contributed by atoms with E-state index in [2.05, 4.69) is 4.98 Å². The molecule has 0 fully saturated rings.